The zero-order chi connectivity index (χ0) is 15.2. The molecule has 120 valence electrons. The molecule has 0 aromatic heterocycles. The zero-order valence-electron chi connectivity index (χ0n) is 12.4. The fourth-order valence-corrected chi connectivity index (χ4v) is 3.21. The first-order valence-electron chi connectivity index (χ1n) is 7.99. The molecule has 0 spiro atoms. The molecule has 0 bridgehead atoms. The molecular formula is C15H26N2O4. The number of carboxylic acids is 1. The molecule has 0 saturated heterocycles. The van der Waals surface area contributed by atoms with Crippen LogP contribution in [0.2, 0.25) is 0 Å². The van der Waals surface area contributed by atoms with Gasteiger partial charge >= 0.3 is 12.0 Å². The van der Waals surface area contributed by atoms with E-state index in [0.29, 0.717) is 31.6 Å². The summed E-state index contributed by atoms with van der Waals surface area (Å²) >= 11 is 0. The van der Waals surface area contributed by atoms with Crippen molar-refractivity contribution in [1.82, 2.24) is 10.6 Å². The predicted molar refractivity (Wildman–Crippen MR) is 77.9 cm³/mol. The first-order valence-corrected chi connectivity index (χ1v) is 7.99. The minimum atomic E-state index is -0.737. The maximum absolute atomic E-state index is 11.9. The van der Waals surface area contributed by atoms with Gasteiger partial charge < -0.3 is 20.8 Å². The van der Waals surface area contributed by atoms with Crippen LogP contribution in [0, 0.1) is 11.8 Å². The van der Waals surface area contributed by atoms with Gasteiger partial charge in [0.1, 0.15) is 0 Å². The van der Waals surface area contributed by atoms with E-state index >= 15 is 0 Å². The normalized spacial score (nSPS) is 27.5. The molecule has 0 aliphatic heterocycles. The molecule has 2 fully saturated rings. The van der Waals surface area contributed by atoms with Gasteiger partial charge in [-0.3, -0.25) is 4.79 Å². The topological polar surface area (TPSA) is 98.7 Å². The van der Waals surface area contributed by atoms with E-state index in [0.717, 1.165) is 6.42 Å². The van der Waals surface area contributed by atoms with Crippen LogP contribution < -0.4 is 10.6 Å². The van der Waals surface area contributed by atoms with Crippen molar-refractivity contribution in [2.45, 2.75) is 63.5 Å². The third kappa shape index (κ3) is 4.88. The number of nitrogens with one attached hydrogen (secondary N) is 2. The lowest BCUT2D eigenvalue weighted by atomic mass is 9.81. The van der Waals surface area contributed by atoms with Gasteiger partial charge in [0.2, 0.25) is 0 Å². The standard InChI is InChI=1S/C15H26N2O4/c18-9-13(8-10-2-1-3-10)17-15(21)16-12-6-4-11(5-7-12)14(19)20/h10-13,18H,1-9H2,(H,19,20)(H2,16,17,21). The van der Waals surface area contributed by atoms with E-state index < -0.39 is 5.97 Å². The van der Waals surface area contributed by atoms with Crippen LogP contribution >= 0.6 is 0 Å². The summed E-state index contributed by atoms with van der Waals surface area (Å²) in [5, 5.41) is 24.0. The van der Waals surface area contributed by atoms with Crippen LogP contribution in [0.5, 0.6) is 0 Å². The Balaban J connectivity index is 1.67. The number of carbonyl (C=O) groups excluding carboxylic acids is 1. The molecule has 1 unspecified atom stereocenters. The Bertz CT molecular complexity index is 363. The molecule has 0 heterocycles. The summed E-state index contributed by atoms with van der Waals surface area (Å²) in [5.74, 6) is -0.373. The van der Waals surface area contributed by atoms with E-state index in [9.17, 15) is 14.7 Å². The summed E-state index contributed by atoms with van der Waals surface area (Å²) in [6.45, 7) is -0.0321. The van der Waals surface area contributed by atoms with Crippen LogP contribution in [-0.2, 0) is 4.79 Å². The molecule has 2 aliphatic carbocycles. The van der Waals surface area contributed by atoms with Crippen molar-refractivity contribution < 1.29 is 19.8 Å². The summed E-state index contributed by atoms with van der Waals surface area (Å²) in [4.78, 5) is 22.8. The Morgan fingerprint density at radius 3 is 2.24 bits per heavy atom. The number of amides is 2. The molecule has 6 heteroatoms. The van der Waals surface area contributed by atoms with E-state index in [-0.39, 0.29) is 30.6 Å². The minimum absolute atomic E-state index is 0.0321. The highest BCUT2D eigenvalue weighted by Gasteiger charge is 2.27. The van der Waals surface area contributed by atoms with Crippen LogP contribution in [-0.4, -0.2) is 40.9 Å². The number of aliphatic carboxylic acids is 1. The summed E-state index contributed by atoms with van der Waals surface area (Å²) in [6, 6.07) is -0.374. The fraction of sp³-hybridized carbons (Fsp3) is 0.867. The molecule has 0 aromatic carbocycles. The molecule has 0 aromatic rings. The minimum Gasteiger partial charge on any atom is -0.481 e. The Morgan fingerprint density at radius 1 is 1.10 bits per heavy atom. The molecule has 2 rings (SSSR count). The molecule has 21 heavy (non-hydrogen) atoms. The molecular weight excluding hydrogens is 272 g/mol. The number of carboxylic acid groups (broad SMARTS) is 1. The molecule has 0 radical (unpaired) electrons. The number of carbonyl (C=O) groups is 2. The highest BCUT2D eigenvalue weighted by molar-refractivity contribution is 5.74. The fourth-order valence-electron chi connectivity index (χ4n) is 3.21. The van der Waals surface area contributed by atoms with E-state index in [1.54, 1.807) is 0 Å². The van der Waals surface area contributed by atoms with Crippen molar-refractivity contribution in [3.63, 3.8) is 0 Å². The van der Waals surface area contributed by atoms with Gasteiger partial charge in [-0.25, -0.2) is 4.79 Å². The van der Waals surface area contributed by atoms with E-state index in [4.69, 9.17) is 5.11 Å². The monoisotopic (exact) mass is 298 g/mol. The van der Waals surface area contributed by atoms with Crippen molar-refractivity contribution in [2.75, 3.05) is 6.61 Å². The second-order valence-corrected chi connectivity index (χ2v) is 6.42. The highest BCUT2D eigenvalue weighted by Crippen LogP contribution is 2.30. The average Bonchev–Trinajstić information content (AvgIpc) is 2.41. The predicted octanol–water partition coefficient (Wildman–Crippen LogP) is 1.48. The van der Waals surface area contributed by atoms with Gasteiger partial charge in [-0.2, -0.15) is 0 Å². The molecule has 1 atom stereocenters. The summed E-state index contributed by atoms with van der Waals surface area (Å²) in [7, 11) is 0. The third-order valence-electron chi connectivity index (χ3n) is 4.81. The van der Waals surface area contributed by atoms with Crippen molar-refractivity contribution in [2.24, 2.45) is 11.8 Å². The van der Waals surface area contributed by atoms with Crippen molar-refractivity contribution in [1.29, 1.82) is 0 Å². The zero-order valence-corrected chi connectivity index (χ0v) is 12.4. The Hall–Kier alpha value is -1.30. The van der Waals surface area contributed by atoms with Crippen molar-refractivity contribution >= 4 is 12.0 Å². The van der Waals surface area contributed by atoms with Crippen LogP contribution in [0.15, 0.2) is 0 Å². The smallest absolute Gasteiger partial charge is 0.315 e. The molecule has 6 nitrogen and oxygen atoms in total. The van der Waals surface area contributed by atoms with Gasteiger partial charge in [-0.15, -0.1) is 0 Å². The molecule has 2 amide bonds. The van der Waals surface area contributed by atoms with Gasteiger partial charge in [-0.05, 0) is 38.0 Å². The lowest BCUT2D eigenvalue weighted by Gasteiger charge is -2.30. The Morgan fingerprint density at radius 2 is 1.76 bits per heavy atom. The number of aliphatic hydroxyl groups is 1. The van der Waals surface area contributed by atoms with Crippen molar-refractivity contribution in [3.8, 4) is 0 Å². The van der Waals surface area contributed by atoms with E-state index in [1.165, 1.54) is 19.3 Å². The van der Waals surface area contributed by atoms with Crippen molar-refractivity contribution in [3.05, 3.63) is 0 Å². The second kappa shape index (κ2) is 7.64. The number of aliphatic hydroxyl groups excluding tert-OH is 1. The van der Waals surface area contributed by atoms with Gasteiger partial charge in [-0.1, -0.05) is 19.3 Å². The second-order valence-electron chi connectivity index (χ2n) is 6.42. The molecule has 4 N–H and O–H groups in total. The summed E-state index contributed by atoms with van der Waals surface area (Å²) in [6.07, 6.45) is 7.13. The number of urea groups is 1. The maximum atomic E-state index is 11.9. The van der Waals surface area contributed by atoms with E-state index in [1.807, 2.05) is 0 Å². The van der Waals surface area contributed by atoms with Crippen LogP contribution in [0.25, 0.3) is 0 Å². The molecule has 2 aliphatic rings. The maximum Gasteiger partial charge on any atom is 0.315 e. The lowest BCUT2D eigenvalue weighted by Crippen LogP contribution is -2.49. The average molecular weight is 298 g/mol. The van der Waals surface area contributed by atoms with Crippen LogP contribution in [0.3, 0.4) is 0 Å². The molecule has 2 saturated carbocycles. The first kappa shape index (κ1) is 16.1. The number of hydrogen-bond acceptors (Lipinski definition) is 3. The number of rotatable bonds is 6. The quantitative estimate of drug-likeness (QED) is 0.597. The first-order chi connectivity index (χ1) is 10.1. The Kier molecular flexibility index (Phi) is 5.85. The van der Waals surface area contributed by atoms with Gasteiger partial charge in [0, 0.05) is 6.04 Å². The van der Waals surface area contributed by atoms with Gasteiger partial charge in [0.05, 0.1) is 18.6 Å². The van der Waals surface area contributed by atoms with E-state index in [2.05, 4.69) is 10.6 Å². The third-order valence-corrected chi connectivity index (χ3v) is 4.81. The lowest BCUT2D eigenvalue weighted by molar-refractivity contribution is -0.142. The SMILES string of the molecule is O=C(NC1CCC(C(=O)O)CC1)NC(CO)CC1CCC1. The highest BCUT2D eigenvalue weighted by atomic mass is 16.4. The van der Waals surface area contributed by atoms with Gasteiger partial charge in [0.15, 0.2) is 0 Å². The van der Waals surface area contributed by atoms with Gasteiger partial charge in [0.25, 0.3) is 0 Å². The van der Waals surface area contributed by atoms with Crippen LogP contribution in [0.1, 0.15) is 51.4 Å². The Labute approximate surface area is 125 Å². The largest absolute Gasteiger partial charge is 0.481 e. The van der Waals surface area contributed by atoms with Crippen LogP contribution in [0.4, 0.5) is 4.79 Å². The summed E-state index contributed by atoms with van der Waals surface area (Å²) < 4.78 is 0. The number of hydrogen-bond donors (Lipinski definition) is 4. The summed E-state index contributed by atoms with van der Waals surface area (Å²) in [5.41, 5.74) is 0.